The van der Waals surface area contributed by atoms with E-state index in [9.17, 15) is 4.79 Å². The van der Waals surface area contributed by atoms with E-state index in [1.54, 1.807) is 19.2 Å². The molecular formula is C12H20N4O2. The van der Waals surface area contributed by atoms with Crippen molar-refractivity contribution in [2.75, 3.05) is 18.5 Å². The van der Waals surface area contributed by atoms with Crippen LogP contribution in [-0.4, -0.2) is 35.1 Å². The van der Waals surface area contributed by atoms with E-state index in [1.807, 2.05) is 13.8 Å². The number of nitrogens with one attached hydrogen (secondary N) is 2. The zero-order chi connectivity index (χ0) is 13.4. The van der Waals surface area contributed by atoms with Crippen molar-refractivity contribution >= 4 is 11.9 Å². The normalized spacial score (nSPS) is 11.7. The maximum absolute atomic E-state index is 11.7. The van der Waals surface area contributed by atoms with Crippen LogP contribution in [0.25, 0.3) is 0 Å². The molecule has 0 aliphatic heterocycles. The summed E-state index contributed by atoms with van der Waals surface area (Å²) in [5.74, 6) is 0.818. The largest absolute Gasteiger partial charge is 0.478 e. The highest BCUT2D eigenvalue weighted by Crippen LogP contribution is 2.08. The van der Waals surface area contributed by atoms with Crippen LogP contribution in [0, 0.1) is 0 Å². The standard InChI is InChI=1S/C12H20N4O2/c1-4-7-13-11(17)9(3)15-12-14-8-6-10(16-12)18-5-2/h6,8-9H,4-5,7H2,1-3H3,(H,13,17)(H,14,15,16). The molecule has 0 bridgehead atoms. The van der Waals surface area contributed by atoms with Gasteiger partial charge in [0.05, 0.1) is 6.61 Å². The van der Waals surface area contributed by atoms with Gasteiger partial charge in [0.15, 0.2) is 0 Å². The van der Waals surface area contributed by atoms with Crippen molar-refractivity contribution in [1.82, 2.24) is 15.3 Å². The Morgan fingerprint density at radius 2 is 2.28 bits per heavy atom. The lowest BCUT2D eigenvalue weighted by molar-refractivity contribution is -0.121. The molecule has 0 saturated carbocycles. The van der Waals surface area contributed by atoms with E-state index >= 15 is 0 Å². The van der Waals surface area contributed by atoms with Gasteiger partial charge in [0, 0.05) is 18.8 Å². The van der Waals surface area contributed by atoms with Crippen molar-refractivity contribution in [2.45, 2.75) is 33.2 Å². The van der Waals surface area contributed by atoms with Crippen molar-refractivity contribution in [3.8, 4) is 5.88 Å². The Morgan fingerprint density at radius 1 is 1.50 bits per heavy atom. The lowest BCUT2D eigenvalue weighted by Crippen LogP contribution is -2.38. The number of anilines is 1. The summed E-state index contributed by atoms with van der Waals surface area (Å²) >= 11 is 0. The summed E-state index contributed by atoms with van der Waals surface area (Å²) in [5, 5.41) is 5.74. The second-order valence-corrected chi connectivity index (χ2v) is 3.81. The van der Waals surface area contributed by atoms with Crippen LogP contribution >= 0.6 is 0 Å². The summed E-state index contributed by atoms with van der Waals surface area (Å²) in [5.41, 5.74) is 0. The number of amides is 1. The van der Waals surface area contributed by atoms with E-state index in [0.29, 0.717) is 25.0 Å². The van der Waals surface area contributed by atoms with E-state index in [2.05, 4.69) is 20.6 Å². The molecule has 1 atom stereocenters. The maximum atomic E-state index is 11.7. The van der Waals surface area contributed by atoms with Crippen LogP contribution in [0.1, 0.15) is 27.2 Å². The fourth-order valence-corrected chi connectivity index (χ4v) is 1.30. The predicted molar refractivity (Wildman–Crippen MR) is 69.6 cm³/mol. The molecule has 1 heterocycles. The second-order valence-electron chi connectivity index (χ2n) is 3.81. The fraction of sp³-hybridized carbons (Fsp3) is 0.583. The Morgan fingerprint density at radius 3 is 2.94 bits per heavy atom. The van der Waals surface area contributed by atoms with Crippen LogP contribution in [0.5, 0.6) is 5.88 Å². The number of carbonyl (C=O) groups excluding carboxylic acids is 1. The van der Waals surface area contributed by atoms with Gasteiger partial charge in [0.1, 0.15) is 6.04 Å². The van der Waals surface area contributed by atoms with Crippen molar-refractivity contribution in [1.29, 1.82) is 0 Å². The molecule has 2 N–H and O–H groups in total. The van der Waals surface area contributed by atoms with Gasteiger partial charge in [-0.2, -0.15) is 4.98 Å². The average molecular weight is 252 g/mol. The Balaban J connectivity index is 2.55. The summed E-state index contributed by atoms with van der Waals surface area (Å²) < 4.78 is 5.26. The molecule has 0 spiro atoms. The molecular weight excluding hydrogens is 232 g/mol. The van der Waals surface area contributed by atoms with Gasteiger partial charge in [-0.15, -0.1) is 0 Å². The van der Waals surface area contributed by atoms with E-state index in [0.717, 1.165) is 6.42 Å². The molecule has 1 unspecified atom stereocenters. The average Bonchev–Trinajstić information content (AvgIpc) is 2.36. The molecule has 0 radical (unpaired) electrons. The first-order chi connectivity index (χ1) is 8.67. The zero-order valence-electron chi connectivity index (χ0n) is 11.1. The van der Waals surface area contributed by atoms with Crippen molar-refractivity contribution in [2.24, 2.45) is 0 Å². The topological polar surface area (TPSA) is 76.1 Å². The Hall–Kier alpha value is -1.85. The van der Waals surface area contributed by atoms with Crippen LogP contribution < -0.4 is 15.4 Å². The van der Waals surface area contributed by atoms with E-state index in [4.69, 9.17) is 4.74 Å². The molecule has 0 aliphatic rings. The smallest absolute Gasteiger partial charge is 0.242 e. The minimum Gasteiger partial charge on any atom is -0.478 e. The van der Waals surface area contributed by atoms with Gasteiger partial charge in [0.2, 0.25) is 17.7 Å². The Bertz CT molecular complexity index is 384. The quantitative estimate of drug-likeness (QED) is 0.762. The molecule has 18 heavy (non-hydrogen) atoms. The highest BCUT2D eigenvalue weighted by Gasteiger charge is 2.13. The van der Waals surface area contributed by atoms with Gasteiger partial charge in [-0.1, -0.05) is 6.92 Å². The van der Waals surface area contributed by atoms with Gasteiger partial charge in [-0.05, 0) is 20.3 Å². The Labute approximate surface area is 107 Å². The number of rotatable bonds is 7. The summed E-state index contributed by atoms with van der Waals surface area (Å²) in [6, 6.07) is 1.30. The SMILES string of the molecule is CCCNC(=O)C(C)Nc1nccc(OCC)n1. The third-order valence-electron chi connectivity index (χ3n) is 2.21. The van der Waals surface area contributed by atoms with Crippen LogP contribution in [-0.2, 0) is 4.79 Å². The molecule has 1 amide bonds. The minimum atomic E-state index is -0.381. The number of hydrogen-bond donors (Lipinski definition) is 2. The first-order valence-electron chi connectivity index (χ1n) is 6.17. The summed E-state index contributed by atoms with van der Waals surface area (Å²) in [4.78, 5) is 19.8. The lowest BCUT2D eigenvalue weighted by Gasteiger charge is -2.13. The van der Waals surface area contributed by atoms with E-state index < -0.39 is 0 Å². The highest BCUT2D eigenvalue weighted by atomic mass is 16.5. The minimum absolute atomic E-state index is 0.0673. The number of ether oxygens (including phenoxy) is 1. The summed E-state index contributed by atoms with van der Waals surface area (Å²) in [6.07, 6.45) is 2.51. The number of aromatic nitrogens is 2. The molecule has 100 valence electrons. The van der Waals surface area contributed by atoms with Gasteiger partial charge < -0.3 is 15.4 Å². The molecule has 6 nitrogen and oxygen atoms in total. The van der Waals surface area contributed by atoms with Crippen molar-refractivity contribution < 1.29 is 9.53 Å². The third kappa shape index (κ3) is 4.57. The number of hydrogen-bond acceptors (Lipinski definition) is 5. The van der Waals surface area contributed by atoms with Gasteiger partial charge >= 0.3 is 0 Å². The molecule has 1 rings (SSSR count). The number of nitrogens with zero attached hydrogens (tertiary/aromatic N) is 2. The van der Waals surface area contributed by atoms with Crippen LogP contribution in [0.3, 0.4) is 0 Å². The van der Waals surface area contributed by atoms with Gasteiger partial charge in [0.25, 0.3) is 0 Å². The number of carbonyl (C=O) groups is 1. The zero-order valence-corrected chi connectivity index (χ0v) is 11.1. The molecule has 0 fully saturated rings. The van der Waals surface area contributed by atoms with E-state index in [-0.39, 0.29) is 11.9 Å². The summed E-state index contributed by atoms with van der Waals surface area (Å²) in [7, 11) is 0. The molecule has 0 aromatic carbocycles. The van der Waals surface area contributed by atoms with Gasteiger partial charge in [-0.25, -0.2) is 4.98 Å². The third-order valence-corrected chi connectivity index (χ3v) is 2.21. The van der Waals surface area contributed by atoms with Crippen LogP contribution in [0.2, 0.25) is 0 Å². The maximum Gasteiger partial charge on any atom is 0.242 e. The van der Waals surface area contributed by atoms with Crippen LogP contribution in [0.4, 0.5) is 5.95 Å². The Kier molecular flexibility index (Phi) is 5.90. The van der Waals surface area contributed by atoms with E-state index in [1.165, 1.54) is 0 Å². The first kappa shape index (κ1) is 14.2. The molecule has 0 aliphatic carbocycles. The molecule has 1 aromatic heterocycles. The first-order valence-corrected chi connectivity index (χ1v) is 6.17. The second kappa shape index (κ2) is 7.47. The lowest BCUT2D eigenvalue weighted by atomic mass is 10.3. The highest BCUT2D eigenvalue weighted by molar-refractivity contribution is 5.83. The molecule has 6 heteroatoms. The fourth-order valence-electron chi connectivity index (χ4n) is 1.30. The predicted octanol–water partition coefficient (Wildman–Crippen LogP) is 1.20. The summed E-state index contributed by atoms with van der Waals surface area (Å²) in [6.45, 7) is 6.87. The van der Waals surface area contributed by atoms with Crippen molar-refractivity contribution in [3.63, 3.8) is 0 Å². The molecule has 0 saturated heterocycles. The van der Waals surface area contributed by atoms with Crippen molar-refractivity contribution in [3.05, 3.63) is 12.3 Å². The monoisotopic (exact) mass is 252 g/mol. The molecule has 1 aromatic rings. The van der Waals surface area contributed by atoms with Crippen LogP contribution in [0.15, 0.2) is 12.3 Å². The van der Waals surface area contributed by atoms with Gasteiger partial charge in [-0.3, -0.25) is 4.79 Å².